The highest BCUT2D eigenvalue weighted by molar-refractivity contribution is 5.09. The van der Waals surface area contributed by atoms with E-state index in [9.17, 15) is 0 Å². The molecule has 2 aromatic heterocycles. The lowest BCUT2D eigenvalue weighted by Crippen LogP contribution is -2.19. The van der Waals surface area contributed by atoms with Gasteiger partial charge in [0.05, 0.1) is 18.9 Å². The van der Waals surface area contributed by atoms with Crippen molar-refractivity contribution >= 4 is 0 Å². The molecule has 0 bridgehead atoms. The normalized spacial score (nSPS) is 12.8. The van der Waals surface area contributed by atoms with Gasteiger partial charge in [-0.1, -0.05) is 0 Å². The van der Waals surface area contributed by atoms with Crippen LogP contribution in [-0.4, -0.2) is 16.1 Å². The Labute approximate surface area is 102 Å². The molecule has 0 radical (unpaired) electrons. The summed E-state index contributed by atoms with van der Waals surface area (Å²) in [5.41, 5.74) is 1.21. The SMILES string of the molecule is CC(NCCCCn1ccnc1)c1ccoc1. The van der Waals surface area contributed by atoms with E-state index < -0.39 is 0 Å². The third-order valence-corrected chi connectivity index (χ3v) is 2.90. The molecule has 4 nitrogen and oxygen atoms in total. The lowest BCUT2D eigenvalue weighted by atomic mass is 10.2. The summed E-state index contributed by atoms with van der Waals surface area (Å²) in [6.45, 7) is 4.23. The van der Waals surface area contributed by atoms with Crippen LogP contribution in [0.3, 0.4) is 0 Å². The van der Waals surface area contributed by atoms with Crippen molar-refractivity contribution in [2.45, 2.75) is 32.4 Å². The number of hydrogen-bond donors (Lipinski definition) is 1. The minimum Gasteiger partial charge on any atom is -0.472 e. The topological polar surface area (TPSA) is 43.0 Å². The predicted octanol–water partition coefficient (Wildman–Crippen LogP) is 2.61. The van der Waals surface area contributed by atoms with Gasteiger partial charge in [-0.2, -0.15) is 0 Å². The molecular weight excluding hydrogens is 214 g/mol. The van der Waals surface area contributed by atoms with Gasteiger partial charge in [0.1, 0.15) is 0 Å². The van der Waals surface area contributed by atoms with Gasteiger partial charge in [0.15, 0.2) is 0 Å². The van der Waals surface area contributed by atoms with E-state index in [0.29, 0.717) is 6.04 Å². The molecule has 2 heterocycles. The highest BCUT2D eigenvalue weighted by atomic mass is 16.3. The Morgan fingerprint density at radius 2 is 2.41 bits per heavy atom. The number of unbranched alkanes of at least 4 members (excludes halogenated alkanes) is 1. The monoisotopic (exact) mass is 233 g/mol. The van der Waals surface area contributed by atoms with E-state index in [0.717, 1.165) is 13.1 Å². The highest BCUT2D eigenvalue weighted by Crippen LogP contribution is 2.11. The van der Waals surface area contributed by atoms with Crippen molar-refractivity contribution in [3.05, 3.63) is 42.9 Å². The average Bonchev–Trinajstić information content (AvgIpc) is 3.01. The molecule has 0 aliphatic carbocycles. The third kappa shape index (κ3) is 3.75. The Morgan fingerprint density at radius 1 is 1.47 bits per heavy atom. The van der Waals surface area contributed by atoms with Crippen LogP contribution in [0.5, 0.6) is 0 Å². The standard InChI is InChI=1S/C13H19N3O/c1-12(13-4-9-17-10-13)15-5-2-3-7-16-8-6-14-11-16/h4,6,8-12,15H,2-3,5,7H2,1H3. The first-order valence-corrected chi connectivity index (χ1v) is 6.07. The molecule has 0 fully saturated rings. The summed E-state index contributed by atoms with van der Waals surface area (Å²) in [6.07, 6.45) is 11.5. The molecule has 92 valence electrons. The van der Waals surface area contributed by atoms with Crippen LogP contribution in [-0.2, 0) is 6.54 Å². The van der Waals surface area contributed by atoms with E-state index in [1.54, 1.807) is 12.5 Å². The molecular formula is C13H19N3O. The van der Waals surface area contributed by atoms with E-state index in [1.807, 2.05) is 24.8 Å². The van der Waals surface area contributed by atoms with E-state index in [-0.39, 0.29) is 0 Å². The first-order valence-electron chi connectivity index (χ1n) is 6.07. The van der Waals surface area contributed by atoms with Gasteiger partial charge >= 0.3 is 0 Å². The van der Waals surface area contributed by atoms with Gasteiger partial charge in [0.2, 0.25) is 0 Å². The van der Waals surface area contributed by atoms with Gasteiger partial charge in [-0.3, -0.25) is 0 Å². The minimum absolute atomic E-state index is 0.363. The molecule has 1 N–H and O–H groups in total. The van der Waals surface area contributed by atoms with Crippen LogP contribution in [0.25, 0.3) is 0 Å². The van der Waals surface area contributed by atoms with Crippen molar-refractivity contribution in [3.63, 3.8) is 0 Å². The summed E-state index contributed by atoms with van der Waals surface area (Å²) in [5, 5.41) is 3.48. The molecule has 0 amide bonds. The lowest BCUT2D eigenvalue weighted by Gasteiger charge is -2.11. The fraction of sp³-hybridized carbons (Fsp3) is 0.462. The lowest BCUT2D eigenvalue weighted by molar-refractivity contribution is 0.513. The molecule has 1 atom stereocenters. The van der Waals surface area contributed by atoms with Crippen LogP contribution in [0, 0.1) is 0 Å². The summed E-state index contributed by atoms with van der Waals surface area (Å²) in [5.74, 6) is 0. The van der Waals surface area contributed by atoms with E-state index in [1.165, 1.54) is 18.4 Å². The van der Waals surface area contributed by atoms with E-state index >= 15 is 0 Å². The summed E-state index contributed by atoms with van der Waals surface area (Å²) in [6, 6.07) is 2.37. The predicted molar refractivity (Wildman–Crippen MR) is 66.6 cm³/mol. The summed E-state index contributed by atoms with van der Waals surface area (Å²) >= 11 is 0. The first kappa shape index (κ1) is 11.9. The first-order chi connectivity index (χ1) is 8.36. The second-order valence-corrected chi connectivity index (χ2v) is 4.24. The van der Waals surface area contributed by atoms with Gasteiger partial charge in [0, 0.05) is 30.5 Å². The van der Waals surface area contributed by atoms with Crippen LogP contribution >= 0.6 is 0 Å². The maximum absolute atomic E-state index is 5.06. The summed E-state index contributed by atoms with van der Waals surface area (Å²) in [7, 11) is 0. The zero-order valence-corrected chi connectivity index (χ0v) is 10.2. The minimum atomic E-state index is 0.363. The second kappa shape index (κ2) is 6.25. The Balaban J connectivity index is 1.57. The Hall–Kier alpha value is -1.55. The number of aryl methyl sites for hydroxylation is 1. The Kier molecular flexibility index (Phi) is 4.38. The zero-order chi connectivity index (χ0) is 11.9. The highest BCUT2D eigenvalue weighted by Gasteiger charge is 2.04. The van der Waals surface area contributed by atoms with Gasteiger partial charge in [-0.05, 0) is 32.4 Å². The van der Waals surface area contributed by atoms with Crippen LogP contribution in [0.2, 0.25) is 0 Å². The molecule has 0 saturated carbocycles. The largest absolute Gasteiger partial charge is 0.472 e. The van der Waals surface area contributed by atoms with Crippen LogP contribution in [0.15, 0.2) is 41.7 Å². The van der Waals surface area contributed by atoms with Crippen molar-refractivity contribution < 1.29 is 4.42 Å². The molecule has 0 spiro atoms. The van der Waals surface area contributed by atoms with Crippen LogP contribution in [0.4, 0.5) is 0 Å². The molecule has 17 heavy (non-hydrogen) atoms. The molecule has 0 aliphatic rings. The second-order valence-electron chi connectivity index (χ2n) is 4.24. The fourth-order valence-electron chi connectivity index (χ4n) is 1.80. The maximum Gasteiger partial charge on any atom is 0.0950 e. The number of aromatic nitrogens is 2. The fourth-order valence-corrected chi connectivity index (χ4v) is 1.80. The summed E-state index contributed by atoms with van der Waals surface area (Å²) < 4.78 is 7.17. The van der Waals surface area contributed by atoms with E-state index in [2.05, 4.69) is 21.8 Å². The van der Waals surface area contributed by atoms with Crippen LogP contribution < -0.4 is 5.32 Å². The third-order valence-electron chi connectivity index (χ3n) is 2.90. The van der Waals surface area contributed by atoms with Crippen molar-refractivity contribution in [2.24, 2.45) is 0 Å². The Morgan fingerprint density at radius 3 is 3.12 bits per heavy atom. The number of imidazole rings is 1. The van der Waals surface area contributed by atoms with Gasteiger partial charge in [0.25, 0.3) is 0 Å². The van der Waals surface area contributed by atoms with Gasteiger partial charge < -0.3 is 14.3 Å². The quantitative estimate of drug-likeness (QED) is 0.747. The van der Waals surface area contributed by atoms with Crippen molar-refractivity contribution in [2.75, 3.05) is 6.54 Å². The zero-order valence-electron chi connectivity index (χ0n) is 10.2. The molecule has 0 aliphatic heterocycles. The van der Waals surface area contributed by atoms with Gasteiger partial charge in [-0.15, -0.1) is 0 Å². The number of nitrogens with zero attached hydrogens (tertiary/aromatic N) is 2. The smallest absolute Gasteiger partial charge is 0.0950 e. The molecule has 4 heteroatoms. The number of furan rings is 1. The van der Waals surface area contributed by atoms with Crippen molar-refractivity contribution in [1.82, 2.24) is 14.9 Å². The number of rotatable bonds is 7. The average molecular weight is 233 g/mol. The molecule has 0 aromatic carbocycles. The van der Waals surface area contributed by atoms with Crippen LogP contribution in [0.1, 0.15) is 31.4 Å². The van der Waals surface area contributed by atoms with Crippen molar-refractivity contribution in [3.8, 4) is 0 Å². The van der Waals surface area contributed by atoms with E-state index in [4.69, 9.17) is 4.42 Å². The molecule has 1 unspecified atom stereocenters. The molecule has 2 aromatic rings. The van der Waals surface area contributed by atoms with Crippen molar-refractivity contribution in [1.29, 1.82) is 0 Å². The number of nitrogens with one attached hydrogen (secondary N) is 1. The Bertz CT molecular complexity index is 394. The summed E-state index contributed by atoms with van der Waals surface area (Å²) in [4.78, 5) is 4.02. The maximum atomic E-state index is 5.06. The molecule has 2 rings (SSSR count). The molecule has 0 saturated heterocycles. The van der Waals surface area contributed by atoms with Gasteiger partial charge in [-0.25, -0.2) is 4.98 Å². The number of hydrogen-bond acceptors (Lipinski definition) is 3.